The smallest absolute Gasteiger partial charge is 0.410 e. The summed E-state index contributed by atoms with van der Waals surface area (Å²) in [5.41, 5.74) is 17.5. The van der Waals surface area contributed by atoms with Crippen LogP contribution in [0, 0.1) is 5.82 Å². The van der Waals surface area contributed by atoms with Gasteiger partial charge in [-0.15, -0.1) is 0 Å². The molecule has 0 aliphatic carbocycles. The molecular formula is C25H31FN6O2. The molecular weight excluding hydrogens is 435 g/mol. The number of aromatic nitrogens is 1. The molecule has 0 atom stereocenters. The van der Waals surface area contributed by atoms with Crippen molar-refractivity contribution in [3.63, 3.8) is 0 Å². The van der Waals surface area contributed by atoms with Gasteiger partial charge in [0.25, 0.3) is 0 Å². The number of piperidine rings is 1. The van der Waals surface area contributed by atoms with Gasteiger partial charge in [0.15, 0.2) is 0 Å². The van der Waals surface area contributed by atoms with Crippen LogP contribution < -0.4 is 16.9 Å². The first-order valence-electron chi connectivity index (χ1n) is 11.3. The van der Waals surface area contributed by atoms with Gasteiger partial charge in [-0.3, -0.25) is 5.01 Å². The molecule has 5 N–H and O–H groups in total. The molecule has 9 heteroatoms. The molecule has 1 aromatic heterocycles. The molecule has 2 aromatic rings. The van der Waals surface area contributed by atoms with Crippen molar-refractivity contribution in [1.29, 1.82) is 0 Å². The number of nitrogens with zero attached hydrogens (tertiary/aromatic N) is 3. The molecule has 0 radical (unpaired) electrons. The number of pyridine rings is 1. The largest absolute Gasteiger partial charge is 0.444 e. The molecule has 3 heterocycles. The van der Waals surface area contributed by atoms with Crippen LogP contribution in [0.3, 0.4) is 0 Å². The predicted octanol–water partition coefficient (Wildman–Crippen LogP) is 4.13. The Balaban J connectivity index is 1.49. The quantitative estimate of drug-likeness (QED) is 0.584. The number of rotatable bonds is 3. The number of hydrogen-bond acceptors (Lipinski definition) is 7. The molecule has 0 spiro atoms. The Morgan fingerprint density at radius 1 is 1.18 bits per heavy atom. The number of nitrogen functional groups attached to an aromatic ring is 2. The minimum absolute atomic E-state index is 0.203. The standard InChI is InChI=1S/C25H31FN6O2/c1-25(2,3)34-24(33)31-10-7-19(8-11-31)32-15-16(6-9-30-32)17-12-21(23(28)29-14-17)20-5-4-18(27)13-22(20)26/h4-6,9,12-15,19,30H,7-8,10-11,27H2,1-3H3,(H2,28,29). The highest BCUT2D eigenvalue weighted by atomic mass is 19.1. The lowest BCUT2D eigenvalue weighted by Crippen LogP contribution is -2.49. The number of likely N-dealkylation sites (tertiary alicyclic amines) is 1. The number of allylic oxidation sites excluding steroid dienone is 2. The molecule has 0 saturated carbocycles. The average Bonchev–Trinajstić information content (AvgIpc) is 2.79. The van der Waals surface area contributed by atoms with Crippen molar-refractivity contribution in [3.05, 3.63) is 60.3 Å². The van der Waals surface area contributed by atoms with E-state index in [9.17, 15) is 9.18 Å². The fourth-order valence-corrected chi connectivity index (χ4v) is 4.08. The van der Waals surface area contributed by atoms with Gasteiger partial charge in [0.1, 0.15) is 17.2 Å². The maximum Gasteiger partial charge on any atom is 0.410 e. The maximum absolute atomic E-state index is 14.5. The van der Waals surface area contributed by atoms with Crippen LogP contribution in [0.4, 0.5) is 20.7 Å². The molecule has 4 rings (SSSR count). The number of carbonyl (C=O) groups is 1. The van der Waals surface area contributed by atoms with Gasteiger partial charge in [0.2, 0.25) is 0 Å². The monoisotopic (exact) mass is 466 g/mol. The van der Waals surface area contributed by atoms with Crippen molar-refractivity contribution in [2.45, 2.75) is 45.3 Å². The number of hydrazine groups is 1. The van der Waals surface area contributed by atoms with E-state index < -0.39 is 11.4 Å². The van der Waals surface area contributed by atoms with Gasteiger partial charge in [-0.1, -0.05) is 0 Å². The summed E-state index contributed by atoms with van der Waals surface area (Å²) in [6.07, 6.45) is 8.79. The number of anilines is 2. The maximum atomic E-state index is 14.5. The molecule has 0 unspecified atom stereocenters. The first-order valence-corrected chi connectivity index (χ1v) is 11.3. The lowest BCUT2D eigenvalue weighted by Gasteiger charge is -2.39. The van der Waals surface area contributed by atoms with E-state index in [-0.39, 0.29) is 18.0 Å². The molecule has 1 aromatic carbocycles. The van der Waals surface area contributed by atoms with E-state index in [1.165, 1.54) is 6.07 Å². The first-order chi connectivity index (χ1) is 16.1. The van der Waals surface area contributed by atoms with Gasteiger partial charge < -0.3 is 26.5 Å². The van der Waals surface area contributed by atoms with Gasteiger partial charge >= 0.3 is 6.09 Å². The highest BCUT2D eigenvalue weighted by Crippen LogP contribution is 2.32. The molecule has 8 nitrogen and oxygen atoms in total. The first kappa shape index (κ1) is 23.4. The van der Waals surface area contributed by atoms with Crippen LogP contribution in [0.2, 0.25) is 0 Å². The number of nitrogens with two attached hydrogens (primary N) is 2. The van der Waals surface area contributed by atoms with Crippen molar-refractivity contribution >= 4 is 23.2 Å². The second-order valence-corrected chi connectivity index (χ2v) is 9.55. The summed E-state index contributed by atoms with van der Waals surface area (Å²) in [5.74, 6) is -0.198. The van der Waals surface area contributed by atoms with Crippen molar-refractivity contribution in [2.24, 2.45) is 0 Å². The van der Waals surface area contributed by atoms with Gasteiger partial charge in [-0.05, 0) is 64.0 Å². The highest BCUT2D eigenvalue weighted by molar-refractivity contribution is 5.82. The van der Waals surface area contributed by atoms with Gasteiger partial charge in [0, 0.05) is 59.6 Å². The summed E-state index contributed by atoms with van der Waals surface area (Å²) < 4.78 is 20.0. The topological polar surface area (TPSA) is 110 Å². The molecule has 2 aliphatic rings. The van der Waals surface area contributed by atoms with E-state index in [0.717, 1.165) is 24.0 Å². The fourth-order valence-electron chi connectivity index (χ4n) is 4.08. The molecule has 180 valence electrons. The third kappa shape index (κ3) is 5.24. The summed E-state index contributed by atoms with van der Waals surface area (Å²) in [4.78, 5) is 18.4. The van der Waals surface area contributed by atoms with Crippen LogP contribution in [0.1, 0.15) is 39.2 Å². The minimum atomic E-state index is -0.508. The zero-order chi connectivity index (χ0) is 24.5. The normalized spacial score (nSPS) is 16.8. The van der Waals surface area contributed by atoms with E-state index in [1.807, 2.05) is 50.3 Å². The van der Waals surface area contributed by atoms with E-state index in [4.69, 9.17) is 16.2 Å². The van der Waals surface area contributed by atoms with Crippen LogP contribution in [0.25, 0.3) is 16.7 Å². The number of nitrogens with one attached hydrogen (secondary N) is 1. The number of ether oxygens (including phenoxy) is 1. The lowest BCUT2D eigenvalue weighted by molar-refractivity contribution is 0.0152. The van der Waals surface area contributed by atoms with Crippen LogP contribution in [-0.4, -0.2) is 45.7 Å². The van der Waals surface area contributed by atoms with Crippen LogP contribution in [0.15, 0.2) is 48.9 Å². The second-order valence-electron chi connectivity index (χ2n) is 9.55. The Morgan fingerprint density at radius 2 is 1.91 bits per heavy atom. The molecule has 1 fully saturated rings. The number of carbonyl (C=O) groups excluding carboxylic acids is 1. The lowest BCUT2D eigenvalue weighted by atomic mass is 9.99. The van der Waals surface area contributed by atoms with Crippen molar-refractivity contribution < 1.29 is 13.9 Å². The van der Waals surface area contributed by atoms with Crippen molar-refractivity contribution in [3.8, 4) is 11.1 Å². The van der Waals surface area contributed by atoms with Crippen LogP contribution in [-0.2, 0) is 4.74 Å². The number of benzene rings is 1. The van der Waals surface area contributed by atoms with E-state index in [2.05, 4.69) is 10.4 Å². The molecule has 34 heavy (non-hydrogen) atoms. The Labute approximate surface area is 199 Å². The number of hydrogen-bond donors (Lipinski definition) is 3. The third-order valence-electron chi connectivity index (χ3n) is 5.81. The van der Waals surface area contributed by atoms with Gasteiger partial charge in [0.05, 0.1) is 6.04 Å². The van der Waals surface area contributed by atoms with E-state index >= 15 is 0 Å². The average molecular weight is 467 g/mol. The van der Waals surface area contributed by atoms with E-state index in [0.29, 0.717) is 29.9 Å². The molecule has 1 amide bonds. The SMILES string of the molecule is CC(C)(C)OC(=O)N1CCC(N2C=C(c3cnc(N)c(-c4ccc(N)cc4F)c3)C=CN2)CC1. The van der Waals surface area contributed by atoms with E-state index in [1.54, 1.807) is 23.2 Å². The number of halogens is 1. The van der Waals surface area contributed by atoms with Crippen molar-refractivity contribution in [2.75, 3.05) is 24.6 Å². The van der Waals surface area contributed by atoms with Gasteiger partial charge in [-0.25, -0.2) is 14.2 Å². The summed E-state index contributed by atoms with van der Waals surface area (Å²) in [6, 6.07) is 6.56. The zero-order valence-electron chi connectivity index (χ0n) is 19.7. The summed E-state index contributed by atoms with van der Waals surface area (Å²) in [5, 5.41) is 2.04. The highest BCUT2D eigenvalue weighted by Gasteiger charge is 2.29. The second kappa shape index (κ2) is 9.24. The predicted molar refractivity (Wildman–Crippen MR) is 131 cm³/mol. The minimum Gasteiger partial charge on any atom is -0.444 e. The van der Waals surface area contributed by atoms with Crippen LogP contribution in [0.5, 0.6) is 0 Å². The molecule has 0 bridgehead atoms. The van der Waals surface area contributed by atoms with Gasteiger partial charge in [-0.2, -0.15) is 0 Å². The summed E-state index contributed by atoms with van der Waals surface area (Å²) in [6.45, 7) is 6.84. The summed E-state index contributed by atoms with van der Waals surface area (Å²) in [7, 11) is 0. The molecule has 1 saturated heterocycles. The van der Waals surface area contributed by atoms with Crippen LogP contribution >= 0.6 is 0 Å². The zero-order valence-corrected chi connectivity index (χ0v) is 19.7. The Bertz CT molecular complexity index is 1130. The Hall–Kier alpha value is -3.75. The number of amides is 1. The van der Waals surface area contributed by atoms with Crippen molar-refractivity contribution in [1.82, 2.24) is 20.3 Å². The Kier molecular flexibility index (Phi) is 6.37. The Morgan fingerprint density at radius 3 is 2.59 bits per heavy atom. The molecule has 2 aliphatic heterocycles. The fraction of sp³-hybridized carbons (Fsp3) is 0.360. The third-order valence-corrected chi connectivity index (χ3v) is 5.81. The summed E-state index contributed by atoms with van der Waals surface area (Å²) >= 11 is 0.